The molecule has 1 saturated heterocycles. The van der Waals surface area contributed by atoms with Crippen molar-refractivity contribution in [3.63, 3.8) is 0 Å². The average Bonchev–Trinajstić information content (AvgIpc) is 2.91. The van der Waals surface area contributed by atoms with Crippen LogP contribution in [0.2, 0.25) is 0 Å². The first-order valence-corrected chi connectivity index (χ1v) is 6.87. The molecule has 0 spiro atoms. The summed E-state index contributed by atoms with van der Waals surface area (Å²) in [7, 11) is 0. The fourth-order valence-corrected chi connectivity index (χ4v) is 3.13. The number of benzene rings is 1. The van der Waals surface area contributed by atoms with Gasteiger partial charge < -0.3 is 10.2 Å². The molecule has 3 heteroatoms. The first-order valence-electron chi connectivity index (χ1n) is 6.87. The van der Waals surface area contributed by atoms with Crippen molar-refractivity contribution < 1.29 is 4.79 Å². The predicted octanol–water partition coefficient (Wildman–Crippen LogP) is 2.00. The van der Waals surface area contributed by atoms with E-state index in [4.69, 9.17) is 0 Å². The predicted molar refractivity (Wildman–Crippen MR) is 73.4 cm³/mol. The number of fused-ring (bicyclic) bond motifs is 1. The zero-order valence-corrected chi connectivity index (χ0v) is 10.9. The Labute approximate surface area is 108 Å². The van der Waals surface area contributed by atoms with Gasteiger partial charge in [0.2, 0.25) is 0 Å². The van der Waals surface area contributed by atoms with E-state index < -0.39 is 0 Å². The standard InChI is InChI=1S/C15H20N2O/c1-11(18)12-4-5-15-13(9-12)3-2-8-17(15)14-6-7-16-10-14/h4-5,9,14,16H,2-3,6-8,10H2,1H3. The number of nitrogens with zero attached hydrogens (tertiary/aromatic N) is 1. The number of aryl methyl sites for hydroxylation is 1. The zero-order chi connectivity index (χ0) is 12.5. The van der Waals surface area contributed by atoms with Gasteiger partial charge in [-0.15, -0.1) is 0 Å². The Hall–Kier alpha value is -1.35. The lowest BCUT2D eigenvalue weighted by Gasteiger charge is -2.36. The van der Waals surface area contributed by atoms with E-state index >= 15 is 0 Å². The summed E-state index contributed by atoms with van der Waals surface area (Å²) < 4.78 is 0. The lowest BCUT2D eigenvalue weighted by molar-refractivity contribution is 0.101. The Morgan fingerprint density at radius 3 is 3.06 bits per heavy atom. The molecule has 2 aliphatic rings. The molecule has 0 aliphatic carbocycles. The van der Waals surface area contributed by atoms with Gasteiger partial charge in [-0.3, -0.25) is 4.79 Å². The molecule has 0 radical (unpaired) electrons. The SMILES string of the molecule is CC(=O)c1ccc2c(c1)CCCN2C1CCNC1. The number of Topliss-reactive ketones (excluding diaryl/α,β-unsaturated/α-hetero) is 1. The summed E-state index contributed by atoms with van der Waals surface area (Å²) in [6.07, 6.45) is 3.53. The number of nitrogens with one attached hydrogen (secondary N) is 1. The van der Waals surface area contributed by atoms with E-state index in [2.05, 4.69) is 22.3 Å². The molecule has 0 saturated carbocycles. The second kappa shape index (κ2) is 4.73. The van der Waals surface area contributed by atoms with E-state index in [9.17, 15) is 4.79 Å². The summed E-state index contributed by atoms with van der Waals surface area (Å²) in [5.74, 6) is 0.164. The Morgan fingerprint density at radius 2 is 2.33 bits per heavy atom. The van der Waals surface area contributed by atoms with E-state index in [-0.39, 0.29) is 5.78 Å². The van der Waals surface area contributed by atoms with Gasteiger partial charge in [0, 0.05) is 30.4 Å². The molecule has 0 aromatic heterocycles. The van der Waals surface area contributed by atoms with Crippen molar-refractivity contribution in [2.75, 3.05) is 24.5 Å². The van der Waals surface area contributed by atoms with Crippen molar-refractivity contribution in [1.29, 1.82) is 0 Å². The van der Waals surface area contributed by atoms with Gasteiger partial charge in [0.15, 0.2) is 5.78 Å². The number of ketones is 1. The molecule has 18 heavy (non-hydrogen) atoms. The molecule has 1 unspecified atom stereocenters. The largest absolute Gasteiger partial charge is 0.367 e. The highest BCUT2D eigenvalue weighted by Gasteiger charge is 2.26. The van der Waals surface area contributed by atoms with Crippen molar-refractivity contribution in [1.82, 2.24) is 5.32 Å². The minimum atomic E-state index is 0.164. The Morgan fingerprint density at radius 1 is 1.44 bits per heavy atom. The maximum atomic E-state index is 11.4. The molecule has 1 aromatic rings. The third kappa shape index (κ3) is 2.03. The zero-order valence-electron chi connectivity index (χ0n) is 10.9. The van der Waals surface area contributed by atoms with Crippen LogP contribution < -0.4 is 10.2 Å². The van der Waals surface area contributed by atoms with E-state index in [1.165, 1.54) is 24.1 Å². The summed E-state index contributed by atoms with van der Waals surface area (Å²) in [6.45, 7) is 5.01. The molecule has 0 amide bonds. The van der Waals surface area contributed by atoms with Crippen LogP contribution in [0.4, 0.5) is 5.69 Å². The van der Waals surface area contributed by atoms with Crippen LogP contribution in [0.3, 0.4) is 0 Å². The van der Waals surface area contributed by atoms with Crippen molar-refractivity contribution in [2.45, 2.75) is 32.2 Å². The molecule has 1 atom stereocenters. The van der Waals surface area contributed by atoms with Crippen LogP contribution in [0, 0.1) is 0 Å². The van der Waals surface area contributed by atoms with Crippen molar-refractivity contribution in [3.05, 3.63) is 29.3 Å². The topological polar surface area (TPSA) is 32.3 Å². The van der Waals surface area contributed by atoms with Crippen LogP contribution in [0.15, 0.2) is 18.2 Å². The molecule has 1 fully saturated rings. The number of carbonyl (C=O) groups excluding carboxylic acids is 1. The normalized spacial score (nSPS) is 22.9. The van der Waals surface area contributed by atoms with Gasteiger partial charge in [0.1, 0.15) is 0 Å². The van der Waals surface area contributed by atoms with Crippen molar-refractivity contribution in [3.8, 4) is 0 Å². The second-order valence-electron chi connectivity index (χ2n) is 5.34. The Balaban J connectivity index is 1.93. The monoisotopic (exact) mass is 244 g/mol. The molecule has 2 heterocycles. The van der Waals surface area contributed by atoms with Crippen LogP contribution in [-0.2, 0) is 6.42 Å². The summed E-state index contributed by atoms with van der Waals surface area (Å²) in [4.78, 5) is 14.0. The maximum absolute atomic E-state index is 11.4. The van der Waals surface area contributed by atoms with Crippen LogP contribution in [0.1, 0.15) is 35.7 Å². The van der Waals surface area contributed by atoms with E-state index in [0.717, 1.165) is 31.6 Å². The minimum Gasteiger partial charge on any atom is -0.367 e. The second-order valence-corrected chi connectivity index (χ2v) is 5.34. The molecule has 1 N–H and O–H groups in total. The lowest BCUT2D eigenvalue weighted by atomic mass is 9.96. The first kappa shape index (κ1) is 11.7. The van der Waals surface area contributed by atoms with Gasteiger partial charge >= 0.3 is 0 Å². The van der Waals surface area contributed by atoms with Crippen LogP contribution in [0.25, 0.3) is 0 Å². The molecular weight excluding hydrogens is 224 g/mol. The van der Waals surface area contributed by atoms with Gasteiger partial charge in [-0.25, -0.2) is 0 Å². The van der Waals surface area contributed by atoms with Gasteiger partial charge in [0.05, 0.1) is 0 Å². The highest BCUT2D eigenvalue weighted by atomic mass is 16.1. The molecule has 3 rings (SSSR count). The quantitative estimate of drug-likeness (QED) is 0.808. The molecule has 2 aliphatic heterocycles. The number of anilines is 1. The van der Waals surface area contributed by atoms with Gasteiger partial charge in [-0.05, 0) is 56.5 Å². The number of hydrogen-bond donors (Lipinski definition) is 1. The smallest absolute Gasteiger partial charge is 0.159 e. The third-order valence-corrected chi connectivity index (χ3v) is 4.12. The average molecular weight is 244 g/mol. The lowest BCUT2D eigenvalue weighted by Crippen LogP contribution is -2.40. The van der Waals surface area contributed by atoms with E-state index in [1.807, 2.05) is 6.07 Å². The first-order chi connectivity index (χ1) is 8.75. The molecule has 96 valence electrons. The Bertz CT molecular complexity index is 464. The van der Waals surface area contributed by atoms with Crippen LogP contribution in [-0.4, -0.2) is 31.5 Å². The fourth-order valence-electron chi connectivity index (χ4n) is 3.13. The molecule has 1 aromatic carbocycles. The van der Waals surface area contributed by atoms with E-state index in [1.54, 1.807) is 6.92 Å². The number of rotatable bonds is 2. The number of carbonyl (C=O) groups is 1. The minimum absolute atomic E-state index is 0.164. The molecule has 3 nitrogen and oxygen atoms in total. The van der Waals surface area contributed by atoms with Gasteiger partial charge in [-0.2, -0.15) is 0 Å². The Kier molecular flexibility index (Phi) is 3.08. The van der Waals surface area contributed by atoms with Crippen LogP contribution >= 0.6 is 0 Å². The number of hydrogen-bond acceptors (Lipinski definition) is 3. The molecular formula is C15H20N2O. The van der Waals surface area contributed by atoms with E-state index in [0.29, 0.717) is 6.04 Å². The highest BCUT2D eigenvalue weighted by Crippen LogP contribution is 2.31. The van der Waals surface area contributed by atoms with Gasteiger partial charge in [-0.1, -0.05) is 0 Å². The maximum Gasteiger partial charge on any atom is 0.159 e. The summed E-state index contributed by atoms with van der Waals surface area (Å²) >= 11 is 0. The van der Waals surface area contributed by atoms with Gasteiger partial charge in [0.25, 0.3) is 0 Å². The summed E-state index contributed by atoms with van der Waals surface area (Å²) in [5, 5.41) is 3.43. The van der Waals surface area contributed by atoms with Crippen molar-refractivity contribution in [2.24, 2.45) is 0 Å². The summed E-state index contributed by atoms with van der Waals surface area (Å²) in [5.41, 5.74) is 3.54. The van der Waals surface area contributed by atoms with Crippen molar-refractivity contribution >= 4 is 11.5 Å². The molecule has 0 bridgehead atoms. The fraction of sp³-hybridized carbons (Fsp3) is 0.533. The third-order valence-electron chi connectivity index (χ3n) is 4.12. The highest BCUT2D eigenvalue weighted by molar-refractivity contribution is 5.94. The summed E-state index contributed by atoms with van der Waals surface area (Å²) in [6, 6.07) is 6.84. The van der Waals surface area contributed by atoms with Crippen LogP contribution in [0.5, 0.6) is 0 Å².